The third kappa shape index (κ3) is 2.99. The smallest absolute Gasteiger partial charge is 0.305 e. The molecule has 0 amide bonds. The van der Waals surface area contributed by atoms with Gasteiger partial charge in [0.1, 0.15) is 17.6 Å². The number of nitrogens with zero attached hydrogens (tertiary/aromatic N) is 3. The maximum Gasteiger partial charge on any atom is 0.305 e. The third-order valence-electron chi connectivity index (χ3n) is 2.62. The van der Waals surface area contributed by atoms with Crippen molar-refractivity contribution < 1.29 is 9.90 Å². The number of anilines is 1. The van der Waals surface area contributed by atoms with Gasteiger partial charge in [0, 0.05) is 11.4 Å². The molecule has 0 spiro atoms. The molecule has 0 bridgehead atoms. The molecule has 0 saturated heterocycles. The zero-order chi connectivity index (χ0) is 13.7. The molecule has 0 fully saturated rings. The van der Waals surface area contributed by atoms with Crippen molar-refractivity contribution in [1.82, 2.24) is 0 Å². The quantitative estimate of drug-likeness (QED) is 0.821. The van der Waals surface area contributed by atoms with Crippen molar-refractivity contribution in [2.75, 3.05) is 18.0 Å². The molecule has 0 aliphatic carbocycles. The third-order valence-corrected chi connectivity index (χ3v) is 3.89. The molecule has 5 nitrogen and oxygen atoms in total. The summed E-state index contributed by atoms with van der Waals surface area (Å²) in [6.07, 6.45) is -0.0530. The molecule has 0 unspecified atom stereocenters. The Morgan fingerprint density at radius 1 is 1.44 bits per heavy atom. The van der Waals surface area contributed by atoms with Crippen LogP contribution < -0.4 is 4.90 Å². The van der Waals surface area contributed by atoms with Crippen LogP contribution in [0.5, 0.6) is 0 Å². The molecule has 0 aliphatic rings. The van der Waals surface area contributed by atoms with E-state index in [1.54, 1.807) is 4.90 Å². The summed E-state index contributed by atoms with van der Waals surface area (Å²) in [5.41, 5.74) is 1.44. The average molecular weight is 263 g/mol. The van der Waals surface area contributed by atoms with Gasteiger partial charge in [0.25, 0.3) is 0 Å². The second-order valence-corrected chi connectivity index (χ2v) is 5.00. The summed E-state index contributed by atoms with van der Waals surface area (Å²) in [6, 6.07) is 4.12. The van der Waals surface area contributed by atoms with Crippen molar-refractivity contribution in [3.8, 4) is 12.1 Å². The monoisotopic (exact) mass is 263 g/mol. The van der Waals surface area contributed by atoms with Crippen LogP contribution in [0.3, 0.4) is 0 Å². The van der Waals surface area contributed by atoms with Gasteiger partial charge in [-0.1, -0.05) is 0 Å². The van der Waals surface area contributed by atoms with E-state index in [2.05, 4.69) is 6.07 Å². The Labute approximate surface area is 109 Å². The lowest BCUT2D eigenvalue weighted by atomic mass is 10.2. The Bertz CT molecular complexity index is 537. The molecular formula is C12H13N3O2S. The first-order chi connectivity index (χ1) is 8.51. The molecule has 1 N–H and O–H groups in total. The predicted molar refractivity (Wildman–Crippen MR) is 68.6 cm³/mol. The van der Waals surface area contributed by atoms with Crippen molar-refractivity contribution >= 4 is 22.3 Å². The maximum absolute atomic E-state index is 10.6. The van der Waals surface area contributed by atoms with Crippen LogP contribution in [0.1, 0.15) is 22.4 Å². The van der Waals surface area contributed by atoms with Gasteiger partial charge in [-0.2, -0.15) is 10.5 Å². The fourth-order valence-corrected chi connectivity index (χ4v) is 2.66. The lowest BCUT2D eigenvalue weighted by molar-refractivity contribution is -0.136. The number of hydrogen-bond donors (Lipinski definition) is 1. The molecule has 0 radical (unpaired) electrons. The molecule has 6 heteroatoms. The van der Waals surface area contributed by atoms with Gasteiger partial charge in [-0.15, -0.1) is 11.3 Å². The molecule has 1 aromatic heterocycles. The Kier molecular flexibility index (Phi) is 4.70. The van der Waals surface area contributed by atoms with Crippen LogP contribution in [0.4, 0.5) is 5.00 Å². The number of nitriles is 2. The van der Waals surface area contributed by atoms with Crippen LogP contribution in [0, 0.1) is 36.5 Å². The number of carboxylic acids is 1. The molecule has 0 aromatic carbocycles. The second kappa shape index (κ2) is 6.04. The van der Waals surface area contributed by atoms with E-state index in [9.17, 15) is 4.79 Å². The van der Waals surface area contributed by atoms with Gasteiger partial charge in [-0.25, -0.2) is 0 Å². The highest BCUT2D eigenvalue weighted by Crippen LogP contribution is 2.34. The summed E-state index contributed by atoms with van der Waals surface area (Å²) < 4.78 is 0. The largest absolute Gasteiger partial charge is 0.481 e. The van der Waals surface area contributed by atoms with Gasteiger partial charge in [0.05, 0.1) is 18.1 Å². The summed E-state index contributed by atoms with van der Waals surface area (Å²) in [4.78, 5) is 13.3. The first-order valence-corrected chi connectivity index (χ1v) is 6.16. The van der Waals surface area contributed by atoms with Crippen molar-refractivity contribution in [2.45, 2.75) is 20.3 Å². The molecule has 1 aromatic rings. The summed E-state index contributed by atoms with van der Waals surface area (Å²) in [7, 11) is 0. The fraction of sp³-hybridized carbons (Fsp3) is 0.417. The van der Waals surface area contributed by atoms with E-state index < -0.39 is 5.97 Å². The Morgan fingerprint density at radius 2 is 2.11 bits per heavy atom. The van der Waals surface area contributed by atoms with Crippen LogP contribution in [0.15, 0.2) is 0 Å². The zero-order valence-electron chi connectivity index (χ0n) is 10.2. The maximum atomic E-state index is 10.6. The summed E-state index contributed by atoms with van der Waals surface area (Å²) in [5.74, 6) is -0.915. The standard InChI is InChI=1S/C12H13N3O2S/c1-8-9(2)18-12(10(8)7-14)15(6-4-13)5-3-11(16)17/h3,5-6H2,1-2H3,(H,16,17). The fourth-order valence-electron chi connectivity index (χ4n) is 1.53. The Balaban J connectivity index is 3.06. The van der Waals surface area contributed by atoms with Crippen molar-refractivity contribution in [2.24, 2.45) is 0 Å². The molecule has 0 atom stereocenters. The van der Waals surface area contributed by atoms with Crippen molar-refractivity contribution in [3.63, 3.8) is 0 Å². The topological polar surface area (TPSA) is 88.1 Å². The lowest BCUT2D eigenvalue weighted by Gasteiger charge is -2.19. The summed E-state index contributed by atoms with van der Waals surface area (Å²) >= 11 is 1.42. The van der Waals surface area contributed by atoms with E-state index in [1.165, 1.54) is 11.3 Å². The normalized spacial score (nSPS) is 9.56. The van der Waals surface area contributed by atoms with Crippen molar-refractivity contribution in [3.05, 3.63) is 16.0 Å². The zero-order valence-corrected chi connectivity index (χ0v) is 11.0. The Morgan fingerprint density at radius 3 is 2.61 bits per heavy atom. The number of aliphatic carboxylic acids is 1. The van der Waals surface area contributed by atoms with E-state index in [1.807, 2.05) is 19.9 Å². The Hall–Kier alpha value is -2.05. The highest BCUT2D eigenvalue weighted by molar-refractivity contribution is 7.16. The highest BCUT2D eigenvalue weighted by atomic mass is 32.1. The van der Waals surface area contributed by atoms with Gasteiger partial charge < -0.3 is 10.0 Å². The van der Waals surface area contributed by atoms with Gasteiger partial charge in [0.15, 0.2) is 0 Å². The first kappa shape index (κ1) is 14.0. The minimum Gasteiger partial charge on any atom is -0.481 e. The minimum atomic E-state index is -0.915. The predicted octanol–water partition coefficient (Wildman–Crippen LogP) is 2.04. The molecule has 94 valence electrons. The van der Waals surface area contributed by atoms with Gasteiger partial charge >= 0.3 is 5.97 Å². The number of aryl methyl sites for hydroxylation is 1. The number of carbonyl (C=O) groups is 1. The molecule has 0 aliphatic heterocycles. The second-order valence-electron chi connectivity index (χ2n) is 3.80. The summed E-state index contributed by atoms with van der Waals surface area (Å²) in [6.45, 7) is 4.08. The van der Waals surface area contributed by atoms with Crippen LogP contribution in [0.2, 0.25) is 0 Å². The van der Waals surface area contributed by atoms with Gasteiger partial charge in [0.2, 0.25) is 0 Å². The number of carboxylic acid groups (broad SMARTS) is 1. The van der Waals surface area contributed by atoms with Gasteiger partial charge in [-0.05, 0) is 19.4 Å². The summed E-state index contributed by atoms with van der Waals surface area (Å²) in [5, 5.41) is 27.3. The number of hydrogen-bond acceptors (Lipinski definition) is 5. The molecular weight excluding hydrogens is 250 g/mol. The highest BCUT2D eigenvalue weighted by Gasteiger charge is 2.18. The molecule has 0 saturated carbocycles. The van der Waals surface area contributed by atoms with Crippen LogP contribution in [0.25, 0.3) is 0 Å². The first-order valence-electron chi connectivity index (χ1n) is 5.35. The minimum absolute atomic E-state index is 0.0530. The van der Waals surface area contributed by atoms with E-state index in [-0.39, 0.29) is 19.5 Å². The van der Waals surface area contributed by atoms with Crippen molar-refractivity contribution in [1.29, 1.82) is 10.5 Å². The van der Waals surface area contributed by atoms with Crippen LogP contribution in [-0.4, -0.2) is 24.2 Å². The van der Waals surface area contributed by atoms with Crippen LogP contribution in [-0.2, 0) is 4.79 Å². The van der Waals surface area contributed by atoms with Crippen LogP contribution >= 0.6 is 11.3 Å². The molecule has 1 rings (SSSR count). The van der Waals surface area contributed by atoms with Gasteiger partial charge in [-0.3, -0.25) is 4.79 Å². The van der Waals surface area contributed by atoms with E-state index in [0.29, 0.717) is 10.6 Å². The molecule has 18 heavy (non-hydrogen) atoms. The number of thiophene rings is 1. The van der Waals surface area contributed by atoms with E-state index >= 15 is 0 Å². The molecule has 1 heterocycles. The van der Waals surface area contributed by atoms with E-state index in [4.69, 9.17) is 15.6 Å². The SMILES string of the molecule is Cc1sc(N(CC#N)CCC(=O)O)c(C#N)c1C. The number of rotatable bonds is 5. The average Bonchev–Trinajstić information content (AvgIpc) is 2.60. The van der Waals surface area contributed by atoms with E-state index in [0.717, 1.165) is 10.4 Å². The lowest BCUT2D eigenvalue weighted by Crippen LogP contribution is -2.26.